The summed E-state index contributed by atoms with van der Waals surface area (Å²) in [5.74, 6) is 0.293. The molecule has 19 heteroatoms. The van der Waals surface area contributed by atoms with Gasteiger partial charge in [-0.3, -0.25) is 37.3 Å². The van der Waals surface area contributed by atoms with Crippen LogP contribution >= 0.6 is 15.6 Å². The van der Waals surface area contributed by atoms with Gasteiger partial charge < -0.3 is 33.8 Å². The van der Waals surface area contributed by atoms with Crippen LogP contribution in [0.1, 0.15) is 434 Å². The number of ether oxygens (including phenoxy) is 4. The van der Waals surface area contributed by atoms with Crippen molar-refractivity contribution in [3.05, 3.63) is 0 Å². The first-order chi connectivity index (χ1) is 49.3. The lowest BCUT2D eigenvalue weighted by Crippen LogP contribution is -2.30. The summed E-state index contributed by atoms with van der Waals surface area (Å²) in [5.41, 5.74) is 0. The van der Waals surface area contributed by atoms with Crippen molar-refractivity contribution in [1.29, 1.82) is 0 Å². The molecule has 0 saturated carbocycles. The van der Waals surface area contributed by atoms with Gasteiger partial charge in [0.2, 0.25) is 0 Å². The third-order valence-corrected chi connectivity index (χ3v) is 22.0. The summed E-state index contributed by atoms with van der Waals surface area (Å²) >= 11 is 0. The Balaban J connectivity index is 5.27. The minimum Gasteiger partial charge on any atom is -0.462 e. The lowest BCUT2D eigenvalue weighted by molar-refractivity contribution is -0.161. The monoisotopic (exact) mass is 1490 g/mol. The number of phosphoric acid groups is 2. The molecule has 0 rings (SSSR count). The fraction of sp³-hybridized carbons (Fsp3) is 0.952. The summed E-state index contributed by atoms with van der Waals surface area (Å²) in [6.07, 6.45) is 62.2. The van der Waals surface area contributed by atoms with Gasteiger partial charge in [-0.1, -0.05) is 382 Å². The number of carbonyl (C=O) groups excluding carboxylic acids is 4. The van der Waals surface area contributed by atoms with Crippen molar-refractivity contribution in [2.45, 2.75) is 452 Å². The van der Waals surface area contributed by atoms with E-state index in [-0.39, 0.29) is 25.7 Å². The maximum atomic E-state index is 13.1. The Morgan fingerprint density at radius 3 is 0.745 bits per heavy atom. The molecular formula is C83H162O17P2. The van der Waals surface area contributed by atoms with Crippen LogP contribution in [0, 0.1) is 17.8 Å². The van der Waals surface area contributed by atoms with Crippen molar-refractivity contribution in [1.82, 2.24) is 0 Å². The number of hydrogen-bond donors (Lipinski definition) is 3. The molecule has 0 amide bonds. The lowest BCUT2D eigenvalue weighted by Gasteiger charge is -2.21. The number of hydrogen-bond acceptors (Lipinski definition) is 15. The van der Waals surface area contributed by atoms with Crippen LogP contribution in [-0.4, -0.2) is 96.7 Å². The van der Waals surface area contributed by atoms with Crippen LogP contribution in [0.3, 0.4) is 0 Å². The molecule has 3 N–H and O–H groups in total. The van der Waals surface area contributed by atoms with Crippen LogP contribution in [0.4, 0.5) is 0 Å². The molecule has 7 atom stereocenters. The van der Waals surface area contributed by atoms with Gasteiger partial charge in [-0.05, 0) is 43.4 Å². The molecule has 0 aromatic carbocycles. The van der Waals surface area contributed by atoms with Gasteiger partial charge in [0.1, 0.15) is 19.3 Å². The molecule has 0 radical (unpaired) electrons. The molecular weight excluding hydrogens is 1330 g/mol. The molecule has 17 nitrogen and oxygen atoms in total. The number of aliphatic hydroxyl groups is 1. The van der Waals surface area contributed by atoms with Crippen LogP contribution in [0.25, 0.3) is 0 Å². The number of phosphoric ester groups is 2. The number of carbonyl (C=O) groups is 4. The van der Waals surface area contributed by atoms with E-state index >= 15 is 0 Å². The summed E-state index contributed by atoms with van der Waals surface area (Å²) in [6, 6.07) is 0. The highest BCUT2D eigenvalue weighted by Crippen LogP contribution is 2.45. The fourth-order valence-electron chi connectivity index (χ4n) is 12.8. The predicted molar refractivity (Wildman–Crippen MR) is 418 cm³/mol. The first-order valence-corrected chi connectivity index (χ1v) is 45.9. The van der Waals surface area contributed by atoms with Crippen LogP contribution in [0.5, 0.6) is 0 Å². The van der Waals surface area contributed by atoms with E-state index < -0.39 is 97.5 Å². The summed E-state index contributed by atoms with van der Waals surface area (Å²) in [5, 5.41) is 10.7. The molecule has 0 heterocycles. The smallest absolute Gasteiger partial charge is 0.462 e. The number of unbranched alkanes of at least 4 members (excludes halogenated alkanes) is 47. The van der Waals surface area contributed by atoms with Gasteiger partial charge in [0.25, 0.3) is 0 Å². The van der Waals surface area contributed by atoms with E-state index in [1.165, 1.54) is 244 Å². The van der Waals surface area contributed by atoms with E-state index in [1.807, 2.05) is 0 Å². The number of aliphatic hydroxyl groups excluding tert-OH is 1. The molecule has 0 saturated heterocycles. The van der Waals surface area contributed by atoms with Gasteiger partial charge in [0, 0.05) is 25.7 Å². The van der Waals surface area contributed by atoms with Crippen LogP contribution in [-0.2, 0) is 65.4 Å². The molecule has 0 bridgehead atoms. The normalized spacial score (nSPS) is 14.5. The van der Waals surface area contributed by atoms with E-state index in [1.54, 1.807) is 0 Å². The summed E-state index contributed by atoms with van der Waals surface area (Å²) in [4.78, 5) is 73.2. The average Bonchev–Trinajstić information content (AvgIpc) is 0.948. The maximum absolute atomic E-state index is 13.1. The minimum absolute atomic E-state index is 0.106. The third kappa shape index (κ3) is 73.6. The van der Waals surface area contributed by atoms with Crippen molar-refractivity contribution >= 4 is 39.5 Å². The summed E-state index contributed by atoms with van der Waals surface area (Å²) in [7, 11) is -9.93. The highest BCUT2D eigenvalue weighted by atomic mass is 31.2. The second-order valence-corrected chi connectivity index (χ2v) is 33.7. The Morgan fingerprint density at radius 2 is 0.500 bits per heavy atom. The highest BCUT2D eigenvalue weighted by Gasteiger charge is 2.30. The molecule has 0 aromatic rings. The predicted octanol–water partition coefficient (Wildman–Crippen LogP) is 24.9. The van der Waals surface area contributed by atoms with Gasteiger partial charge >= 0.3 is 39.5 Å². The Labute approximate surface area is 626 Å². The largest absolute Gasteiger partial charge is 0.472 e. The first-order valence-electron chi connectivity index (χ1n) is 42.9. The Hall–Kier alpha value is -1.94. The Kier molecular flexibility index (Phi) is 71.8. The van der Waals surface area contributed by atoms with Crippen molar-refractivity contribution in [2.24, 2.45) is 17.8 Å². The first kappa shape index (κ1) is 100. The molecule has 0 spiro atoms. The zero-order valence-electron chi connectivity index (χ0n) is 67.1. The fourth-order valence-corrected chi connectivity index (χ4v) is 14.4. The van der Waals surface area contributed by atoms with E-state index in [9.17, 15) is 43.2 Å². The highest BCUT2D eigenvalue weighted by molar-refractivity contribution is 7.47. The van der Waals surface area contributed by atoms with Crippen molar-refractivity contribution < 1.29 is 80.2 Å². The quantitative estimate of drug-likeness (QED) is 0.0222. The van der Waals surface area contributed by atoms with Gasteiger partial charge in [-0.25, -0.2) is 9.13 Å². The van der Waals surface area contributed by atoms with Gasteiger partial charge in [-0.15, -0.1) is 0 Å². The molecule has 4 unspecified atom stereocenters. The Bertz CT molecular complexity index is 1980. The van der Waals surface area contributed by atoms with E-state index in [2.05, 4.69) is 48.5 Å². The van der Waals surface area contributed by atoms with Gasteiger partial charge in [0.15, 0.2) is 12.2 Å². The third-order valence-electron chi connectivity index (χ3n) is 20.1. The molecule has 0 aliphatic carbocycles. The zero-order valence-corrected chi connectivity index (χ0v) is 68.9. The molecule has 0 aliphatic heterocycles. The summed E-state index contributed by atoms with van der Waals surface area (Å²) < 4.78 is 68.8. The van der Waals surface area contributed by atoms with Crippen LogP contribution < -0.4 is 0 Å². The number of esters is 4. The zero-order chi connectivity index (χ0) is 75.1. The van der Waals surface area contributed by atoms with Gasteiger partial charge in [0.05, 0.1) is 26.4 Å². The topological polar surface area (TPSA) is 237 Å². The van der Waals surface area contributed by atoms with E-state index in [0.29, 0.717) is 25.7 Å². The summed E-state index contributed by atoms with van der Waals surface area (Å²) in [6.45, 7) is 12.0. The average molecular weight is 1490 g/mol. The molecule has 102 heavy (non-hydrogen) atoms. The second-order valence-electron chi connectivity index (χ2n) is 30.8. The van der Waals surface area contributed by atoms with Crippen LogP contribution in [0.15, 0.2) is 0 Å². The van der Waals surface area contributed by atoms with Crippen molar-refractivity contribution in [3.63, 3.8) is 0 Å². The number of rotatable bonds is 81. The molecule has 0 aromatic heterocycles. The van der Waals surface area contributed by atoms with Crippen molar-refractivity contribution in [2.75, 3.05) is 39.6 Å². The maximum Gasteiger partial charge on any atom is 0.472 e. The molecule has 0 aliphatic rings. The SMILES string of the molecule is CCCCCCCCCCCCCCCCCCCC(=O)OC[C@H](COP(=O)(O)OC[C@@H](O)COP(=O)(O)OC[C@@H](COC(=O)CCCCCCCCCCC(C)CC)OC(=O)CCCCCCCCCCCCCCC(C)C)OC(=O)CCCCCCCCCCCCCCCCC(C)CC. The van der Waals surface area contributed by atoms with E-state index in [4.69, 9.17) is 37.0 Å². The van der Waals surface area contributed by atoms with Crippen LogP contribution in [0.2, 0.25) is 0 Å². The van der Waals surface area contributed by atoms with E-state index in [0.717, 1.165) is 108 Å². The molecule has 606 valence electrons. The lowest BCUT2D eigenvalue weighted by atomic mass is 9.99. The second kappa shape index (κ2) is 73.2. The molecule has 0 fully saturated rings. The van der Waals surface area contributed by atoms with Crippen molar-refractivity contribution in [3.8, 4) is 0 Å². The van der Waals surface area contributed by atoms with Gasteiger partial charge in [-0.2, -0.15) is 0 Å². The Morgan fingerprint density at radius 1 is 0.284 bits per heavy atom. The minimum atomic E-state index is -4.96. The standard InChI is InChI=1S/C83H162O17P2/c1-8-11-12-13-14-15-16-17-18-19-20-24-30-35-43-50-57-64-80(85)93-70-78(99-82(87)66-59-52-45-36-31-25-22-21-23-29-34-41-48-55-62-75(6)9-2)72-97-101(89,90)95-68-77(84)69-96-102(91,92)98-73-79(71-94-81(86)65-58-51-44-39-38-42-49-56-63-76(7)10-3)100-83(88)67-60-53-46-37-32-27-26-28-33-40-47-54-61-74(4)5/h74-79,84H,8-73H2,1-7H3,(H,89,90)(H,91,92)/t75?,76?,77-,78-,79-/m1/s1.